The number of aromatic amines is 1. The highest BCUT2D eigenvalue weighted by Gasteiger charge is 2.30. The Bertz CT molecular complexity index is 3840. The number of hydrogen-bond acceptors (Lipinski definition) is 16. The van der Waals surface area contributed by atoms with E-state index in [0.29, 0.717) is 5.56 Å². The molecule has 0 aliphatic carbocycles. The zero-order chi connectivity index (χ0) is 69.3. The van der Waals surface area contributed by atoms with Crippen molar-refractivity contribution in [1.29, 1.82) is 16.2 Å². The first kappa shape index (κ1) is 71.9. The lowest BCUT2D eigenvalue weighted by Gasteiger charge is -2.22. The van der Waals surface area contributed by atoms with Gasteiger partial charge in [-0.25, -0.2) is 4.79 Å². The molecule has 504 valence electrons. The normalized spacial score (nSPS) is 11.9. The quantitative estimate of drug-likeness (QED) is 0.0157. The largest absolute Gasteiger partial charge is 0.496 e. The van der Waals surface area contributed by atoms with Crippen molar-refractivity contribution in [2.75, 3.05) is 69.3 Å². The van der Waals surface area contributed by atoms with E-state index in [0.717, 1.165) is 10.9 Å². The van der Waals surface area contributed by atoms with Gasteiger partial charge in [-0.15, -0.1) is 0 Å². The molecule has 0 fully saturated rings. The lowest BCUT2D eigenvalue weighted by Crippen LogP contribution is -2.45. The number of H-pyrrole nitrogens is 1. The van der Waals surface area contributed by atoms with Gasteiger partial charge in [-0.2, -0.15) is 0 Å². The van der Waals surface area contributed by atoms with Gasteiger partial charge in [-0.05, 0) is 123 Å². The van der Waals surface area contributed by atoms with Crippen LogP contribution in [0.1, 0.15) is 92.4 Å². The van der Waals surface area contributed by atoms with Crippen molar-refractivity contribution < 1.29 is 67.2 Å². The summed E-state index contributed by atoms with van der Waals surface area (Å²) >= 11 is 0. The number of ether oxygens (including phenoxy) is 4. The van der Waals surface area contributed by atoms with Gasteiger partial charge in [-0.1, -0.05) is 18.2 Å². The molecule has 5 aromatic carbocycles. The average Bonchev–Trinajstić information content (AvgIpc) is 1.87. The van der Waals surface area contributed by atoms with Crippen molar-refractivity contribution in [2.24, 2.45) is 17.2 Å². The zero-order valence-corrected chi connectivity index (χ0v) is 52.7. The average molecular weight is 1310 g/mol. The lowest BCUT2D eigenvalue weighted by atomic mass is 10.0. The second-order valence-corrected chi connectivity index (χ2v) is 21.3. The Kier molecular flexibility index (Phi) is 26.4. The number of rotatable bonds is 34. The number of carboxylic acid groups (broad SMARTS) is 1. The van der Waals surface area contributed by atoms with Crippen molar-refractivity contribution in [1.82, 2.24) is 42.2 Å². The SMILES string of the molecule is COc1ccc(NC(=O)[C@H](CCCNC(=N)N)NC(=O)c2cc(NC(=O)[C@H](CCCNC(=N)N)NC(=O)c3cc(NC(=O)[C@H](CCCNC(=N)N)NC(=O)c4cc(NC(C)=O)ccc4OC)ccc3OC)ccc2OC)cc1C(=O)N[C@@H](Cc1c[nH]c2ccccc12)C(=O)O. The molecular formula is C63H78N18O14. The van der Waals surface area contributed by atoms with Gasteiger partial charge in [0, 0.05) is 72.8 Å². The predicted molar refractivity (Wildman–Crippen MR) is 354 cm³/mol. The maximum Gasteiger partial charge on any atom is 0.326 e. The number of guanidine groups is 3. The third-order valence-corrected chi connectivity index (χ3v) is 14.4. The van der Waals surface area contributed by atoms with E-state index in [4.69, 9.17) is 52.4 Å². The molecule has 0 unspecified atom stereocenters. The molecule has 6 rings (SSSR count). The fourth-order valence-corrected chi connectivity index (χ4v) is 9.80. The van der Waals surface area contributed by atoms with Gasteiger partial charge in [0.15, 0.2) is 17.9 Å². The molecule has 0 spiro atoms. The van der Waals surface area contributed by atoms with Crippen molar-refractivity contribution in [2.45, 2.75) is 76.0 Å². The standard InChI is InChI=1S/C63H78N18O14/c1-33(82)74-35-16-20-49(92-2)40(28-35)53(83)78-45(13-8-24-70-61(64)65)57(87)75-36-17-21-50(93-3)41(29-36)54(84)79-46(14-9-25-71-62(66)67)58(88)76-37-18-22-51(94-4)42(30-37)55(85)80-47(15-10-26-72-63(68)69)59(89)77-38-19-23-52(95-5)43(31-38)56(86)81-48(60(90)91)27-34-32-73-44-12-7-6-11-39(34)44/h6-7,11-12,16-23,28-32,45-48,73H,8-10,13-15,24-27H2,1-5H3,(H,74,82)(H,75,87)(H,76,88)(H,77,89)(H,78,83)(H,79,84)(H,80,85)(H,81,86)(H,90,91)(H4,64,65,70)(H4,66,67,71)(H4,68,69,72)/t45-,46-,47-,48-/m0/s1. The number of fused-ring (bicyclic) bond motifs is 1. The van der Waals surface area contributed by atoms with Crippen LogP contribution in [-0.4, -0.2) is 153 Å². The Morgan fingerprint density at radius 1 is 0.463 bits per heavy atom. The number of hydrogen-bond donors (Lipinski definition) is 19. The van der Waals surface area contributed by atoms with Gasteiger partial charge >= 0.3 is 5.97 Å². The summed E-state index contributed by atoms with van der Waals surface area (Å²) in [6.07, 6.45) is 2.13. The minimum atomic E-state index is -1.38. The molecule has 0 aliphatic rings. The molecule has 8 amide bonds. The number of methoxy groups -OCH3 is 4. The van der Waals surface area contributed by atoms with Crippen molar-refractivity contribution in [3.05, 3.63) is 131 Å². The first-order valence-electron chi connectivity index (χ1n) is 29.6. The summed E-state index contributed by atoms with van der Waals surface area (Å²) in [5.74, 6) is -7.98. The van der Waals surface area contributed by atoms with Crippen LogP contribution in [0.15, 0.2) is 103 Å². The van der Waals surface area contributed by atoms with E-state index in [1.165, 1.54) is 108 Å². The Morgan fingerprint density at radius 3 is 1.08 bits per heavy atom. The number of nitrogens with two attached hydrogens (primary N) is 3. The summed E-state index contributed by atoms with van der Waals surface area (Å²) in [4.78, 5) is 127. The summed E-state index contributed by atoms with van der Waals surface area (Å²) in [6, 6.07) is 18.7. The van der Waals surface area contributed by atoms with E-state index in [9.17, 15) is 48.3 Å². The number of aliphatic carboxylic acids is 1. The number of carbonyl (C=O) groups excluding carboxylic acids is 8. The first-order chi connectivity index (χ1) is 45.4. The lowest BCUT2D eigenvalue weighted by molar-refractivity contribution is -0.139. The Hall–Kier alpha value is -12.1. The monoisotopic (exact) mass is 1310 g/mol. The van der Waals surface area contributed by atoms with Crippen molar-refractivity contribution in [3.8, 4) is 23.0 Å². The fraction of sp³-hybridized carbons (Fsp3) is 0.302. The van der Waals surface area contributed by atoms with Gasteiger partial charge in [-0.3, -0.25) is 54.6 Å². The fourth-order valence-electron chi connectivity index (χ4n) is 9.80. The minimum Gasteiger partial charge on any atom is -0.496 e. The van der Waals surface area contributed by atoms with Gasteiger partial charge < -0.3 is 105 Å². The second-order valence-electron chi connectivity index (χ2n) is 21.3. The number of carboxylic acids is 1. The molecule has 32 nitrogen and oxygen atoms in total. The second kappa shape index (κ2) is 34.9. The maximum absolute atomic E-state index is 14.4. The molecule has 0 saturated carbocycles. The zero-order valence-electron chi connectivity index (χ0n) is 52.7. The summed E-state index contributed by atoms with van der Waals surface area (Å²) in [5, 5.41) is 63.1. The van der Waals surface area contributed by atoms with Gasteiger partial charge in [0.2, 0.25) is 23.6 Å². The van der Waals surface area contributed by atoms with Crippen LogP contribution in [0, 0.1) is 16.2 Å². The van der Waals surface area contributed by atoms with E-state index in [1.54, 1.807) is 12.3 Å². The number of para-hydroxylation sites is 1. The van der Waals surface area contributed by atoms with Gasteiger partial charge in [0.1, 0.15) is 47.2 Å². The predicted octanol–water partition coefficient (Wildman–Crippen LogP) is 2.59. The smallest absolute Gasteiger partial charge is 0.326 e. The Labute approximate surface area is 545 Å². The molecule has 4 atom stereocenters. The van der Waals surface area contributed by atoms with Crippen LogP contribution >= 0.6 is 0 Å². The Balaban J connectivity index is 1.21. The number of benzene rings is 5. The topological polar surface area (TPSA) is 509 Å². The highest BCUT2D eigenvalue weighted by molar-refractivity contribution is 6.08. The van der Waals surface area contributed by atoms with E-state index < -0.39 is 77.4 Å². The van der Waals surface area contributed by atoms with Crippen LogP contribution in [0.25, 0.3) is 10.9 Å². The van der Waals surface area contributed by atoms with Gasteiger partial charge in [0.05, 0.1) is 50.7 Å². The minimum absolute atomic E-state index is 0.00253. The first-order valence-corrected chi connectivity index (χ1v) is 29.6. The number of nitrogens with one attached hydrogen (secondary N) is 15. The number of amides is 8. The van der Waals surface area contributed by atoms with Crippen molar-refractivity contribution in [3.63, 3.8) is 0 Å². The molecule has 0 saturated heterocycles. The molecule has 1 heterocycles. The third-order valence-electron chi connectivity index (χ3n) is 14.4. The van der Waals surface area contributed by atoms with E-state index in [1.807, 2.05) is 18.2 Å². The molecule has 0 bridgehead atoms. The molecular weight excluding hydrogens is 1230 g/mol. The molecule has 1 aromatic heterocycles. The molecule has 0 aliphatic heterocycles. The highest BCUT2D eigenvalue weighted by atomic mass is 16.5. The summed E-state index contributed by atoms with van der Waals surface area (Å²) < 4.78 is 21.9. The van der Waals surface area contributed by atoms with Crippen LogP contribution in [0.3, 0.4) is 0 Å². The van der Waals surface area contributed by atoms with Crippen LogP contribution in [0.5, 0.6) is 23.0 Å². The molecule has 32 heteroatoms. The highest BCUT2D eigenvalue weighted by Crippen LogP contribution is 2.29. The number of carbonyl (C=O) groups is 9. The molecule has 0 radical (unpaired) electrons. The van der Waals surface area contributed by atoms with E-state index in [-0.39, 0.29) is 150 Å². The molecule has 6 aromatic rings. The van der Waals surface area contributed by atoms with E-state index >= 15 is 0 Å². The third kappa shape index (κ3) is 21.2. The van der Waals surface area contributed by atoms with Crippen LogP contribution in [0.4, 0.5) is 22.7 Å². The molecule has 22 N–H and O–H groups in total. The van der Waals surface area contributed by atoms with Crippen molar-refractivity contribution >= 4 is 105 Å². The van der Waals surface area contributed by atoms with Crippen LogP contribution in [0.2, 0.25) is 0 Å². The van der Waals surface area contributed by atoms with Crippen LogP contribution in [-0.2, 0) is 30.4 Å². The summed E-state index contributed by atoms with van der Waals surface area (Å²) in [7, 11) is 5.24. The molecule has 95 heavy (non-hydrogen) atoms. The summed E-state index contributed by atoms with van der Waals surface area (Å²) in [6.45, 7) is 1.69. The summed E-state index contributed by atoms with van der Waals surface area (Å²) in [5.41, 5.74) is 17.9. The van der Waals surface area contributed by atoms with Gasteiger partial charge in [0.25, 0.3) is 23.6 Å². The Morgan fingerprint density at radius 2 is 0.779 bits per heavy atom. The number of aromatic nitrogens is 1. The van der Waals surface area contributed by atoms with Crippen LogP contribution < -0.4 is 94.6 Å². The van der Waals surface area contributed by atoms with E-state index in [2.05, 4.69) is 63.5 Å². The number of anilines is 4. The maximum atomic E-state index is 14.4.